The van der Waals surface area contributed by atoms with Crippen LogP contribution in [0.3, 0.4) is 0 Å². The van der Waals surface area contributed by atoms with E-state index in [4.69, 9.17) is 0 Å². The van der Waals surface area contributed by atoms with Crippen molar-refractivity contribution in [3.05, 3.63) is 48.0 Å². The number of amides is 1. The zero-order chi connectivity index (χ0) is 16.9. The Kier molecular flexibility index (Phi) is 5.52. The van der Waals surface area contributed by atoms with E-state index in [1.54, 1.807) is 0 Å². The second-order valence-electron chi connectivity index (χ2n) is 6.92. The zero-order valence-electron chi connectivity index (χ0n) is 14.8. The average molecular weight is 324 g/mol. The molecular formula is C21H28N2O. The van der Waals surface area contributed by atoms with Crippen molar-refractivity contribution in [3.63, 3.8) is 0 Å². The van der Waals surface area contributed by atoms with E-state index >= 15 is 0 Å². The lowest BCUT2D eigenvalue weighted by atomic mass is 9.99. The number of carbonyl (C=O) groups excluding carboxylic acids is 1. The van der Waals surface area contributed by atoms with Crippen LogP contribution in [0.2, 0.25) is 0 Å². The number of likely N-dealkylation sites (tertiary alicyclic amines) is 1. The Morgan fingerprint density at radius 1 is 0.958 bits per heavy atom. The van der Waals surface area contributed by atoms with E-state index in [0.717, 1.165) is 25.9 Å². The van der Waals surface area contributed by atoms with Gasteiger partial charge in [0.15, 0.2) is 0 Å². The SMILES string of the molecule is CC(NC(C)c1cccc2ccccc12)C(=O)N1CCCCCC1. The monoisotopic (exact) mass is 324 g/mol. The molecule has 0 radical (unpaired) electrons. The third-order valence-electron chi connectivity index (χ3n) is 5.08. The first kappa shape index (κ1) is 17.0. The Morgan fingerprint density at radius 2 is 1.62 bits per heavy atom. The summed E-state index contributed by atoms with van der Waals surface area (Å²) in [6, 6.07) is 14.8. The Bertz CT molecular complexity index is 684. The van der Waals surface area contributed by atoms with Crippen molar-refractivity contribution in [2.75, 3.05) is 13.1 Å². The molecule has 0 saturated carbocycles. The van der Waals surface area contributed by atoms with Crippen LogP contribution < -0.4 is 5.32 Å². The fourth-order valence-corrected chi connectivity index (χ4v) is 3.73. The molecule has 0 bridgehead atoms. The molecule has 3 rings (SSSR count). The second kappa shape index (κ2) is 7.80. The number of hydrogen-bond donors (Lipinski definition) is 1. The summed E-state index contributed by atoms with van der Waals surface area (Å²) in [4.78, 5) is 14.8. The number of rotatable bonds is 4. The van der Waals surface area contributed by atoms with E-state index in [2.05, 4.69) is 54.7 Å². The Labute approximate surface area is 145 Å². The summed E-state index contributed by atoms with van der Waals surface area (Å²) in [6.45, 7) is 5.96. The molecule has 1 heterocycles. The summed E-state index contributed by atoms with van der Waals surface area (Å²) in [5, 5.41) is 6.02. The smallest absolute Gasteiger partial charge is 0.239 e. The zero-order valence-corrected chi connectivity index (χ0v) is 14.8. The van der Waals surface area contributed by atoms with Crippen LogP contribution in [-0.2, 0) is 4.79 Å². The van der Waals surface area contributed by atoms with Gasteiger partial charge in [-0.3, -0.25) is 10.1 Å². The minimum Gasteiger partial charge on any atom is -0.341 e. The van der Waals surface area contributed by atoms with Crippen molar-refractivity contribution in [1.82, 2.24) is 10.2 Å². The van der Waals surface area contributed by atoms with Gasteiger partial charge in [0.1, 0.15) is 0 Å². The highest BCUT2D eigenvalue weighted by molar-refractivity contribution is 5.86. The fourth-order valence-electron chi connectivity index (χ4n) is 3.73. The van der Waals surface area contributed by atoms with E-state index in [1.165, 1.54) is 29.2 Å². The Morgan fingerprint density at radius 3 is 2.38 bits per heavy atom. The first-order valence-electron chi connectivity index (χ1n) is 9.19. The summed E-state index contributed by atoms with van der Waals surface area (Å²) in [6.07, 6.45) is 4.77. The summed E-state index contributed by atoms with van der Waals surface area (Å²) >= 11 is 0. The highest BCUT2D eigenvalue weighted by atomic mass is 16.2. The van der Waals surface area contributed by atoms with Crippen LogP contribution in [0.5, 0.6) is 0 Å². The normalized spacial score (nSPS) is 18.2. The van der Waals surface area contributed by atoms with E-state index in [9.17, 15) is 4.79 Å². The molecule has 1 fully saturated rings. The molecule has 0 spiro atoms. The van der Waals surface area contributed by atoms with Crippen LogP contribution in [0, 0.1) is 0 Å². The maximum Gasteiger partial charge on any atom is 0.239 e. The number of hydrogen-bond acceptors (Lipinski definition) is 2. The lowest BCUT2D eigenvalue weighted by molar-refractivity contribution is -0.133. The van der Waals surface area contributed by atoms with Crippen LogP contribution in [0.4, 0.5) is 0 Å². The van der Waals surface area contributed by atoms with Gasteiger partial charge in [-0.25, -0.2) is 0 Å². The van der Waals surface area contributed by atoms with Crippen molar-refractivity contribution < 1.29 is 4.79 Å². The highest BCUT2D eigenvalue weighted by Gasteiger charge is 2.23. The van der Waals surface area contributed by atoms with Crippen molar-refractivity contribution in [2.24, 2.45) is 0 Å². The Balaban J connectivity index is 1.71. The van der Waals surface area contributed by atoms with Crippen LogP contribution >= 0.6 is 0 Å². The number of benzene rings is 2. The molecule has 3 heteroatoms. The van der Waals surface area contributed by atoms with E-state index in [-0.39, 0.29) is 18.0 Å². The average Bonchev–Trinajstić information content (AvgIpc) is 2.89. The van der Waals surface area contributed by atoms with Gasteiger partial charge in [-0.05, 0) is 43.0 Å². The molecule has 128 valence electrons. The number of fused-ring (bicyclic) bond motifs is 1. The molecular weight excluding hydrogens is 296 g/mol. The fraction of sp³-hybridized carbons (Fsp3) is 0.476. The molecule has 1 N–H and O–H groups in total. The number of carbonyl (C=O) groups is 1. The largest absolute Gasteiger partial charge is 0.341 e. The van der Waals surface area contributed by atoms with Gasteiger partial charge < -0.3 is 4.90 Å². The minimum atomic E-state index is -0.155. The van der Waals surface area contributed by atoms with Crippen molar-refractivity contribution in [3.8, 4) is 0 Å². The number of nitrogens with one attached hydrogen (secondary N) is 1. The highest BCUT2D eigenvalue weighted by Crippen LogP contribution is 2.24. The lowest BCUT2D eigenvalue weighted by Gasteiger charge is -2.27. The molecule has 24 heavy (non-hydrogen) atoms. The Hall–Kier alpha value is -1.87. The van der Waals surface area contributed by atoms with E-state index < -0.39 is 0 Å². The summed E-state index contributed by atoms with van der Waals surface area (Å²) in [5.74, 6) is 0.240. The van der Waals surface area contributed by atoms with Gasteiger partial charge in [-0.1, -0.05) is 55.3 Å². The third-order valence-corrected chi connectivity index (χ3v) is 5.08. The van der Waals surface area contributed by atoms with Gasteiger partial charge in [0.25, 0.3) is 0 Å². The van der Waals surface area contributed by atoms with Crippen LogP contribution in [0.25, 0.3) is 10.8 Å². The molecule has 1 aliphatic heterocycles. The van der Waals surface area contributed by atoms with Crippen molar-refractivity contribution in [1.29, 1.82) is 0 Å². The van der Waals surface area contributed by atoms with Crippen molar-refractivity contribution in [2.45, 2.75) is 51.6 Å². The van der Waals surface area contributed by atoms with Gasteiger partial charge in [0.05, 0.1) is 6.04 Å². The predicted molar refractivity (Wildman–Crippen MR) is 100 cm³/mol. The maximum atomic E-state index is 12.7. The summed E-state index contributed by atoms with van der Waals surface area (Å²) in [7, 11) is 0. The molecule has 2 aromatic carbocycles. The summed E-state index contributed by atoms with van der Waals surface area (Å²) in [5.41, 5.74) is 1.25. The molecule has 2 atom stereocenters. The molecule has 3 nitrogen and oxygen atoms in total. The van der Waals surface area contributed by atoms with Gasteiger partial charge in [-0.15, -0.1) is 0 Å². The van der Waals surface area contributed by atoms with Gasteiger partial charge in [0.2, 0.25) is 5.91 Å². The second-order valence-corrected chi connectivity index (χ2v) is 6.92. The molecule has 1 aliphatic rings. The lowest BCUT2D eigenvalue weighted by Crippen LogP contribution is -2.46. The van der Waals surface area contributed by atoms with Gasteiger partial charge in [0, 0.05) is 19.1 Å². The minimum absolute atomic E-state index is 0.141. The first-order chi connectivity index (χ1) is 11.7. The van der Waals surface area contributed by atoms with Crippen LogP contribution in [0.1, 0.15) is 51.1 Å². The maximum absolute atomic E-state index is 12.7. The third kappa shape index (κ3) is 3.78. The predicted octanol–water partition coefficient (Wildman–Crippen LogP) is 4.28. The van der Waals surface area contributed by atoms with Gasteiger partial charge >= 0.3 is 0 Å². The van der Waals surface area contributed by atoms with Crippen molar-refractivity contribution >= 4 is 16.7 Å². The van der Waals surface area contributed by atoms with Crippen LogP contribution in [-0.4, -0.2) is 29.9 Å². The number of nitrogens with zero attached hydrogens (tertiary/aromatic N) is 1. The van der Waals surface area contributed by atoms with E-state index in [0.29, 0.717) is 0 Å². The summed E-state index contributed by atoms with van der Waals surface area (Å²) < 4.78 is 0. The molecule has 1 saturated heterocycles. The first-order valence-corrected chi connectivity index (χ1v) is 9.19. The molecule has 2 aromatic rings. The van der Waals surface area contributed by atoms with Gasteiger partial charge in [-0.2, -0.15) is 0 Å². The standard InChI is InChI=1S/C21H28N2O/c1-16(19-13-9-11-18-10-5-6-12-20(18)19)22-17(2)21(24)23-14-7-3-4-8-15-23/h5-6,9-13,16-17,22H,3-4,7-8,14-15H2,1-2H3. The molecule has 1 amide bonds. The van der Waals surface area contributed by atoms with Crippen LogP contribution in [0.15, 0.2) is 42.5 Å². The molecule has 2 unspecified atom stereocenters. The van der Waals surface area contributed by atoms with E-state index in [1.807, 2.05) is 11.8 Å². The molecule has 0 aliphatic carbocycles. The topological polar surface area (TPSA) is 32.3 Å². The molecule has 0 aromatic heterocycles. The quantitative estimate of drug-likeness (QED) is 0.910.